The van der Waals surface area contributed by atoms with Crippen LogP contribution in [-0.4, -0.2) is 39.5 Å². The van der Waals surface area contributed by atoms with E-state index in [9.17, 15) is 18.0 Å². The molecule has 0 bridgehead atoms. The average Bonchev–Trinajstić information content (AvgIpc) is 2.66. The third kappa shape index (κ3) is 6.34. The van der Waals surface area contributed by atoms with Crippen LogP contribution in [0.5, 0.6) is 0 Å². The van der Waals surface area contributed by atoms with Crippen molar-refractivity contribution >= 4 is 21.9 Å². The lowest BCUT2D eigenvalue weighted by Crippen LogP contribution is -2.40. The minimum absolute atomic E-state index is 0.0282. The van der Waals surface area contributed by atoms with E-state index in [2.05, 4.69) is 17.0 Å². The number of rotatable bonds is 7. The number of carbonyl (C=O) groups is 2. The van der Waals surface area contributed by atoms with Gasteiger partial charge in [0.2, 0.25) is 10.0 Å². The van der Waals surface area contributed by atoms with Gasteiger partial charge in [-0.1, -0.05) is 19.1 Å². The fraction of sp³-hybridized carbons (Fsp3) is 0.500. The minimum Gasteiger partial charge on any atom is -0.455 e. The summed E-state index contributed by atoms with van der Waals surface area (Å²) in [5, 5.41) is 11.8. The van der Waals surface area contributed by atoms with Crippen molar-refractivity contribution in [1.29, 1.82) is 5.26 Å². The second-order valence-electron chi connectivity index (χ2n) is 6.62. The SMILES string of the molecule is CC1CCC(NC(=O)COC(=O)CNS(=O)(=O)c2ccccc2C#N)CC1. The predicted octanol–water partition coefficient (Wildman–Crippen LogP) is 1.07. The van der Waals surface area contributed by atoms with Crippen LogP contribution in [0.1, 0.15) is 38.2 Å². The van der Waals surface area contributed by atoms with Crippen LogP contribution in [0.2, 0.25) is 0 Å². The van der Waals surface area contributed by atoms with Gasteiger partial charge < -0.3 is 10.1 Å². The lowest BCUT2D eigenvalue weighted by molar-refractivity contribution is -0.147. The van der Waals surface area contributed by atoms with Gasteiger partial charge >= 0.3 is 5.97 Å². The zero-order chi connectivity index (χ0) is 19.9. The first-order valence-electron chi connectivity index (χ1n) is 8.75. The van der Waals surface area contributed by atoms with Crippen LogP contribution >= 0.6 is 0 Å². The van der Waals surface area contributed by atoms with Crippen LogP contribution in [-0.2, 0) is 24.3 Å². The highest BCUT2D eigenvalue weighted by Crippen LogP contribution is 2.23. The van der Waals surface area contributed by atoms with Gasteiger partial charge in [0.15, 0.2) is 6.61 Å². The van der Waals surface area contributed by atoms with Crippen molar-refractivity contribution in [2.24, 2.45) is 5.92 Å². The van der Waals surface area contributed by atoms with E-state index in [0.29, 0.717) is 5.92 Å². The lowest BCUT2D eigenvalue weighted by Gasteiger charge is -2.26. The van der Waals surface area contributed by atoms with Gasteiger partial charge in [-0.25, -0.2) is 8.42 Å². The number of nitrogens with one attached hydrogen (secondary N) is 2. The Balaban J connectivity index is 1.77. The number of nitriles is 1. The molecule has 1 amide bonds. The first kappa shape index (κ1) is 20.9. The topological polar surface area (TPSA) is 125 Å². The summed E-state index contributed by atoms with van der Waals surface area (Å²) in [7, 11) is -4.04. The smallest absolute Gasteiger partial charge is 0.321 e. The van der Waals surface area contributed by atoms with Crippen molar-refractivity contribution in [3.8, 4) is 6.07 Å². The Labute approximate surface area is 158 Å². The van der Waals surface area contributed by atoms with E-state index in [1.807, 2.05) is 0 Å². The standard InChI is InChI=1S/C18H23N3O5S/c1-13-6-8-15(9-7-13)21-17(22)12-26-18(23)11-20-27(24,25)16-5-3-2-4-14(16)10-19/h2-5,13,15,20H,6-9,11-12H2,1H3,(H,21,22). The van der Waals surface area contributed by atoms with Crippen molar-refractivity contribution in [3.05, 3.63) is 29.8 Å². The van der Waals surface area contributed by atoms with Gasteiger partial charge in [-0.2, -0.15) is 9.98 Å². The fourth-order valence-electron chi connectivity index (χ4n) is 2.90. The molecule has 0 spiro atoms. The molecule has 146 valence electrons. The van der Waals surface area contributed by atoms with Crippen LogP contribution < -0.4 is 10.0 Å². The Hall–Kier alpha value is -2.44. The molecule has 2 rings (SSSR count). The van der Waals surface area contributed by atoms with Crippen LogP contribution in [0.25, 0.3) is 0 Å². The normalized spacial score (nSPS) is 19.7. The molecule has 1 aromatic rings. The summed E-state index contributed by atoms with van der Waals surface area (Å²) in [5.41, 5.74) is -0.0282. The lowest BCUT2D eigenvalue weighted by atomic mass is 9.87. The molecule has 1 saturated carbocycles. The Morgan fingerprint density at radius 1 is 1.22 bits per heavy atom. The second kappa shape index (κ2) is 9.48. The van der Waals surface area contributed by atoms with Gasteiger partial charge in [-0.3, -0.25) is 9.59 Å². The quantitative estimate of drug-likeness (QED) is 0.668. The van der Waals surface area contributed by atoms with Gasteiger partial charge in [-0.15, -0.1) is 0 Å². The van der Waals surface area contributed by atoms with Crippen LogP contribution in [0.4, 0.5) is 0 Å². The summed E-state index contributed by atoms with van der Waals surface area (Å²) in [6.45, 7) is 1.09. The Kier molecular flexibility index (Phi) is 7.33. The average molecular weight is 393 g/mol. The van der Waals surface area contributed by atoms with Crippen molar-refractivity contribution in [3.63, 3.8) is 0 Å². The molecular formula is C18H23N3O5S. The van der Waals surface area contributed by atoms with Crippen molar-refractivity contribution in [1.82, 2.24) is 10.0 Å². The molecule has 0 saturated heterocycles. The molecule has 1 aromatic carbocycles. The Morgan fingerprint density at radius 2 is 1.89 bits per heavy atom. The molecule has 0 aromatic heterocycles. The summed E-state index contributed by atoms with van der Waals surface area (Å²) < 4.78 is 31.3. The highest BCUT2D eigenvalue weighted by Gasteiger charge is 2.22. The van der Waals surface area contributed by atoms with Gasteiger partial charge in [0.25, 0.3) is 5.91 Å². The number of esters is 1. The molecule has 0 unspecified atom stereocenters. The predicted molar refractivity (Wildman–Crippen MR) is 96.9 cm³/mol. The number of hydrogen-bond acceptors (Lipinski definition) is 6. The van der Waals surface area contributed by atoms with E-state index in [0.717, 1.165) is 25.7 Å². The third-order valence-corrected chi connectivity index (χ3v) is 5.91. The maximum atomic E-state index is 12.2. The number of amides is 1. The van der Waals surface area contributed by atoms with Gasteiger partial charge in [-0.05, 0) is 43.7 Å². The third-order valence-electron chi connectivity index (χ3n) is 4.45. The maximum Gasteiger partial charge on any atom is 0.321 e. The summed E-state index contributed by atoms with van der Waals surface area (Å²) in [6.07, 6.45) is 3.91. The van der Waals surface area contributed by atoms with E-state index in [4.69, 9.17) is 10.00 Å². The Bertz CT molecular complexity index is 824. The first-order chi connectivity index (χ1) is 12.8. The number of ether oxygens (including phenoxy) is 1. The van der Waals surface area contributed by atoms with E-state index in [1.165, 1.54) is 24.3 Å². The summed E-state index contributed by atoms with van der Waals surface area (Å²) in [4.78, 5) is 23.3. The van der Waals surface area contributed by atoms with Crippen molar-refractivity contribution < 1.29 is 22.7 Å². The zero-order valence-corrected chi connectivity index (χ0v) is 15.9. The molecule has 2 N–H and O–H groups in total. The van der Waals surface area contributed by atoms with E-state index >= 15 is 0 Å². The highest BCUT2D eigenvalue weighted by atomic mass is 32.2. The van der Waals surface area contributed by atoms with E-state index in [1.54, 1.807) is 6.07 Å². The van der Waals surface area contributed by atoms with Gasteiger partial charge in [0.1, 0.15) is 12.6 Å². The molecule has 0 radical (unpaired) electrons. The monoisotopic (exact) mass is 393 g/mol. The largest absolute Gasteiger partial charge is 0.455 e. The molecule has 0 heterocycles. The second-order valence-corrected chi connectivity index (χ2v) is 8.35. The summed E-state index contributed by atoms with van der Waals surface area (Å²) in [5.74, 6) is -0.615. The van der Waals surface area contributed by atoms with Crippen LogP contribution in [0.3, 0.4) is 0 Å². The van der Waals surface area contributed by atoms with Gasteiger partial charge in [0.05, 0.1) is 10.5 Å². The summed E-state index contributed by atoms with van der Waals surface area (Å²) >= 11 is 0. The molecule has 1 aliphatic rings. The molecular weight excluding hydrogens is 370 g/mol. The summed E-state index contributed by atoms with van der Waals surface area (Å²) in [6, 6.07) is 7.52. The highest BCUT2D eigenvalue weighted by molar-refractivity contribution is 7.89. The molecule has 0 atom stereocenters. The molecule has 1 aliphatic carbocycles. The minimum atomic E-state index is -4.04. The van der Waals surface area contributed by atoms with E-state index < -0.39 is 35.1 Å². The molecule has 27 heavy (non-hydrogen) atoms. The van der Waals surface area contributed by atoms with Gasteiger partial charge in [0, 0.05) is 6.04 Å². The number of carbonyl (C=O) groups excluding carboxylic acids is 2. The molecule has 9 heteroatoms. The molecule has 1 fully saturated rings. The van der Waals surface area contributed by atoms with Crippen LogP contribution in [0.15, 0.2) is 29.2 Å². The number of nitrogens with zero attached hydrogens (tertiary/aromatic N) is 1. The molecule has 8 nitrogen and oxygen atoms in total. The van der Waals surface area contributed by atoms with Crippen LogP contribution in [0, 0.1) is 17.2 Å². The number of hydrogen-bond donors (Lipinski definition) is 2. The van der Waals surface area contributed by atoms with E-state index in [-0.39, 0.29) is 16.5 Å². The van der Waals surface area contributed by atoms with Crippen molar-refractivity contribution in [2.45, 2.75) is 43.5 Å². The molecule has 0 aliphatic heterocycles. The Morgan fingerprint density at radius 3 is 2.56 bits per heavy atom. The maximum absolute atomic E-state index is 12.2. The number of sulfonamides is 1. The van der Waals surface area contributed by atoms with Crippen molar-refractivity contribution in [2.75, 3.05) is 13.2 Å². The number of benzene rings is 1. The fourth-order valence-corrected chi connectivity index (χ4v) is 4.02. The zero-order valence-electron chi connectivity index (χ0n) is 15.1. The first-order valence-corrected chi connectivity index (χ1v) is 10.2.